The highest BCUT2D eigenvalue weighted by Gasteiger charge is 2.12. The topological polar surface area (TPSA) is 69.0 Å². The lowest BCUT2D eigenvalue weighted by Crippen LogP contribution is -2.07. The van der Waals surface area contributed by atoms with Crippen LogP contribution >= 0.6 is 22.9 Å². The number of aromatic nitrogens is 3. The second-order valence-electron chi connectivity index (χ2n) is 5.89. The van der Waals surface area contributed by atoms with Crippen molar-refractivity contribution < 1.29 is 9.53 Å². The summed E-state index contributed by atoms with van der Waals surface area (Å²) in [5, 5.41) is 8.05. The molecular weight excluding hydrogens is 384 g/mol. The lowest BCUT2D eigenvalue weighted by atomic mass is 10.1. The van der Waals surface area contributed by atoms with Gasteiger partial charge in [-0.15, -0.1) is 11.3 Å². The van der Waals surface area contributed by atoms with Crippen LogP contribution in [0.25, 0.3) is 17.3 Å². The van der Waals surface area contributed by atoms with Gasteiger partial charge >= 0.3 is 0 Å². The number of benzene rings is 1. The Balaban J connectivity index is 1.74. The van der Waals surface area contributed by atoms with Crippen LogP contribution < -0.4 is 10.1 Å². The van der Waals surface area contributed by atoms with Crippen LogP contribution in [0.1, 0.15) is 16.1 Å². The van der Waals surface area contributed by atoms with Crippen LogP contribution in [0.4, 0.5) is 5.13 Å². The van der Waals surface area contributed by atoms with Crippen molar-refractivity contribution in [3.8, 4) is 17.0 Å². The number of methoxy groups -OCH3 is 1. The van der Waals surface area contributed by atoms with Gasteiger partial charge in [0.2, 0.25) is 5.91 Å². The van der Waals surface area contributed by atoms with Crippen molar-refractivity contribution in [2.75, 3.05) is 12.4 Å². The average molecular weight is 403 g/mol. The smallest absolute Gasteiger partial charge is 0.250 e. The molecule has 2 aromatic heterocycles. The summed E-state index contributed by atoms with van der Waals surface area (Å²) in [5.41, 5.74) is 3.30. The maximum Gasteiger partial charge on any atom is 0.250 e. The first kappa shape index (κ1) is 19.1. The zero-order chi connectivity index (χ0) is 19.6. The Kier molecular flexibility index (Phi) is 5.62. The van der Waals surface area contributed by atoms with Crippen LogP contribution in [-0.2, 0) is 11.8 Å². The molecule has 0 fully saturated rings. The summed E-state index contributed by atoms with van der Waals surface area (Å²) in [4.78, 5) is 17.8. The van der Waals surface area contributed by atoms with Crippen LogP contribution in [-0.4, -0.2) is 27.8 Å². The van der Waals surface area contributed by atoms with E-state index >= 15 is 0 Å². The highest BCUT2D eigenvalue weighted by atomic mass is 35.5. The molecule has 0 unspecified atom stereocenters. The third-order valence-corrected chi connectivity index (χ3v) is 5.32. The van der Waals surface area contributed by atoms with Gasteiger partial charge in [0.1, 0.15) is 10.9 Å². The third-order valence-electron chi connectivity index (χ3n) is 3.99. The van der Waals surface area contributed by atoms with Crippen LogP contribution in [0.3, 0.4) is 0 Å². The normalized spacial score (nSPS) is 11.1. The van der Waals surface area contributed by atoms with Gasteiger partial charge in [-0.25, -0.2) is 4.98 Å². The number of thiazole rings is 1. The Labute approximate surface area is 166 Å². The maximum absolute atomic E-state index is 12.2. The molecule has 3 rings (SSSR count). The maximum atomic E-state index is 12.2. The number of halogens is 1. The van der Waals surface area contributed by atoms with Gasteiger partial charge < -0.3 is 4.74 Å². The monoisotopic (exact) mass is 402 g/mol. The van der Waals surface area contributed by atoms with Crippen LogP contribution in [0.2, 0.25) is 5.15 Å². The summed E-state index contributed by atoms with van der Waals surface area (Å²) in [6.07, 6.45) is 3.09. The quantitative estimate of drug-likeness (QED) is 0.639. The molecule has 1 N–H and O–H groups in total. The SMILES string of the molecule is COc1ccc(-c2nc(NC(=O)/C=C/c3c(C)nn(C)c3Cl)sc2C)cc1. The van der Waals surface area contributed by atoms with Crippen LogP contribution in [0, 0.1) is 13.8 Å². The molecule has 0 radical (unpaired) electrons. The molecule has 0 saturated heterocycles. The largest absolute Gasteiger partial charge is 0.497 e. The summed E-state index contributed by atoms with van der Waals surface area (Å²) in [5.74, 6) is 0.513. The van der Waals surface area contributed by atoms with E-state index in [1.165, 1.54) is 17.4 Å². The number of nitrogens with one attached hydrogen (secondary N) is 1. The molecule has 0 aliphatic carbocycles. The molecule has 27 heavy (non-hydrogen) atoms. The lowest BCUT2D eigenvalue weighted by Gasteiger charge is -2.01. The van der Waals surface area contributed by atoms with Gasteiger partial charge in [0.25, 0.3) is 0 Å². The lowest BCUT2D eigenvalue weighted by molar-refractivity contribution is -0.111. The molecule has 1 aromatic carbocycles. The van der Waals surface area contributed by atoms with E-state index in [-0.39, 0.29) is 5.91 Å². The molecule has 6 nitrogen and oxygen atoms in total. The Bertz CT molecular complexity index is 1010. The number of amides is 1. The van der Waals surface area contributed by atoms with Crippen molar-refractivity contribution >= 4 is 40.1 Å². The van der Waals surface area contributed by atoms with E-state index in [1.807, 2.05) is 38.1 Å². The molecule has 0 atom stereocenters. The van der Waals surface area contributed by atoms with Crippen molar-refractivity contribution in [2.45, 2.75) is 13.8 Å². The molecule has 0 aliphatic heterocycles. The number of hydrogen-bond donors (Lipinski definition) is 1. The minimum absolute atomic E-state index is 0.274. The number of rotatable bonds is 5. The fraction of sp³-hybridized carbons (Fsp3) is 0.211. The van der Waals surface area contributed by atoms with Gasteiger partial charge in [0.05, 0.1) is 18.5 Å². The van der Waals surface area contributed by atoms with E-state index in [9.17, 15) is 4.79 Å². The Hall–Kier alpha value is -2.64. The van der Waals surface area contributed by atoms with Gasteiger partial charge in [-0.3, -0.25) is 14.8 Å². The van der Waals surface area contributed by atoms with E-state index in [0.717, 1.165) is 33.1 Å². The zero-order valence-electron chi connectivity index (χ0n) is 15.4. The Morgan fingerprint density at radius 3 is 2.59 bits per heavy atom. The van der Waals surface area contributed by atoms with Crippen molar-refractivity contribution in [1.82, 2.24) is 14.8 Å². The molecule has 0 saturated carbocycles. The highest BCUT2D eigenvalue weighted by Crippen LogP contribution is 2.31. The molecule has 0 bridgehead atoms. The molecular formula is C19H19ClN4O2S. The van der Waals surface area contributed by atoms with Gasteiger partial charge in [0, 0.05) is 29.1 Å². The molecule has 0 aliphatic rings. The minimum Gasteiger partial charge on any atom is -0.497 e. The van der Waals surface area contributed by atoms with Crippen molar-refractivity contribution in [3.63, 3.8) is 0 Å². The van der Waals surface area contributed by atoms with E-state index in [1.54, 1.807) is 24.9 Å². The predicted molar refractivity (Wildman–Crippen MR) is 109 cm³/mol. The first-order chi connectivity index (χ1) is 12.9. The van der Waals surface area contributed by atoms with Crippen molar-refractivity contribution in [2.24, 2.45) is 7.05 Å². The highest BCUT2D eigenvalue weighted by molar-refractivity contribution is 7.16. The molecule has 1 amide bonds. The number of ether oxygens (including phenoxy) is 1. The first-order valence-corrected chi connectivity index (χ1v) is 9.38. The summed E-state index contributed by atoms with van der Waals surface area (Å²) in [6.45, 7) is 3.82. The van der Waals surface area contributed by atoms with E-state index in [0.29, 0.717) is 10.3 Å². The molecule has 140 valence electrons. The van der Waals surface area contributed by atoms with E-state index in [2.05, 4.69) is 15.4 Å². The van der Waals surface area contributed by atoms with Crippen molar-refractivity contribution in [1.29, 1.82) is 0 Å². The van der Waals surface area contributed by atoms with Gasteiger partial charge in [0.15, 0.2) is 5.13 Å². The second kappa shape index (κ2) is 7.94. The summed E-state index contributed by atoms with van der Waals surface area (Å²) < 4.78 is 6.75. The van der Waals surface area contributed by atoms with Crippen molar-refractivity contribution in [3.05, 3.63) is 51.6 Å². The predicted octanol–water partition coefficient (Wildman–Crippen LogP) is 4.47. The van der Waals surface area contributed by atoms with Crippen LogP contribution in [0.15, 0.2) is 30.3 Å². The van der Waals surface area contributed by atoms with Gasteiger partial charge in [-0.2, -0.15) is 5.10 Å². The average Bonchev–Trinajstić information content (AvgIpc) is 3.12. The Morgan fingerprint density at radius 2 is 2.00 bits per heavy atom. The number of anilines is 1. The molecule has 3 aromatic rings. The number of carbonyl (C=O) groups is 1. The molecule has 0 spiro atoms. The number of hydrogen-bond acceptors (Lipinski definition) is 5. The van der Waals surface area contributed by atoms with Gasteiger partial charge in [-0.05, 0) is 44.2 Å². The van der Waals surface area contributed by atoms with Crippen LogP contribution in [0.5, 0.6) is 5.75 Å². The van der Waals surface area contributed by atoms with Gasteiger partial charge in [-0.1, -0.05) is 11.6 Å². The fourth-order valence-electron chi connectivity index (χ4n) is 2.61. The van der Waals surface area contributed by atoms with E-state index in [4.69, 9.17) is 16.3 Å². The first-order valence-electron chi connectivity index (χ1n) is 8.19. The fourth-order valence-corrected chi connectivity index (χ4v) is 3.68. The minimum atomic E-state index is -0.274. The standard InChI is InChI=1S/C19H19ClN4O2S/c1-11-15(18(20)24(3)23-11)9-10-16(25)21-19-22-17(12(2)27-19)13-5-7-14(26-4)8-6-13/h5-10H,1-4H3,(H,21,22,25)/b10-9+. The van der Waals surface area contributed by atoms with E-state index < -0.39 is 0 Å². The summed E-state index contributed by atoms with van der Waals surface area (Å²) >= 11 is 7.60. The zero-order valence-corrected chi connectivity index (χ0v) is 17.0. The second-order valence-corrected chi connectivity index (χ2v) is 7.45. The Morgan fingerprint density at radius 1 is 1.30 bits per heavy atom. The number of nitrogens with zero attached hydrogens (tertiary/aromatic N) is 3. The number of aryl methyl sites for hydroxylation is 3. The summed E-state index contributed by atoms with van der Waals surface area (Å²) in [7, 11) is 3.39. The molecule has 8 heteroatoms. The third kappa shape index (κ3) is 4.20. The number of carbonyl (C=O) groups excluding carboxylic acids is 1. The molecule has 2 heterocycles. The summed E-state index contributed by atoms with van der Waals surface area (Å²) in [6, 6.07) is 7.66.